The number of piperidine rings is 1. The van der Waals surface area contributed by atoms with Crippen molar-refractivity contribution < 1.29 is 4.74 Å². The molecule has 1 aliphatic heterocycles. The van der Waals surface area contributed by atoms with Crippen molar-refractivity contribution in [2.75, 3.05) is 38.6 Å². The van der Waals surface area contributed by atoms with Crippen molar-refractivity contribution in [3.8, 4) is 5.75 Å². The summed E-state index contributed by atoms with van der Waals surface area (Å²) >= 11 is 0. The van der Waals surface area contributed by atoms with Crippen LogP contribution >= 0.6 is 0 Å². The molecule has 0 amide bonds. The molecule has 0 aliphatic carbocycles. The van der Waals surface area contributed by atoms with Crippen LogP contribution in [0.1, 0.15) is 24.8 Å². The highest BCUT2D eigenvalue weighted by Gasteiger charge is 2.18. The van der Waals surface area contributed by atoms with Crippen LogP contribution in [0.2, 0.25) is 0 Å². The fourth-order valence-electron chi connectivity index (χ4n) is 3.56. The number of anilines is 1. The van der Waals surface area contributed by atoms with Crippen molar-refractivity contribution >= 4 is 5.69 Å². The molecule has 3 heteroatoms. The maximum absolute atomic E-state index is 5.19. The van der Waals surface area contributed by atoms with E-state index in [0.717, 1.165) is 18.2 Å². The zero-order valence-electron chi connectivity index (χ0n) is 15.3. The Morgan fingerprint density at radius 3 is 2.40 bits per heavy atom. The minimum atomic E-state index is 0.860. The van der Waals surface area contributed by atoms with E-state index in [2.05, 4.69) is 52.7 Å². The molecule has 0 unspecified atom stereocenters. The number of hydrogen-bond donors (Lipinski definition) is 1. The van der Waals surface area contributed by atoms with Crippen LogP contribution in [0.25, 0.3) is 0 Å². The second-order valence-corrected chi connectivity index (χ2v) is 6.96. The van der Waals surface area contributed by atoms with E-state index in [-0.39, 0.29) is 0 Å². The standard InChI is InChI=1S/C22H30N2O/c1-25-22-9-7-21(8-10-22)23-15-11-20-13-17-24(18-14-20)16-12-19-5-3-2-4-6-19/h2-10,20,23H,11-18H2,1H3. The van der Waals surface area contributed by atoms with E-state index in [0.29, 0.717) is 0 Å². The first-order chi connectivity index (χ1) is 12.3. The molecule has 0 atom stereocenters. The molecule has 0 radical (unpaired) electrons. The molecule has 1 heterocycles. The fraction of sp³-hybridized carbons (Fsp3) is 0.455. The molecule has 0 saturated carbocycles. The van der Waals surface area contributed by atoms with Gasteiger partial charge in [-0.05, 0) is 74.5 Å². The number of benzene rings is 2. The predicted molar refractivity (Wildman–Crippen MR) is 105 cm³/mol. The Balaban J connectivity index is 1.31. The number of rotatable bonds is 8. The van der Waals surface area contributed by atoms with Crippen molar-refractivity contribution in [3.05, 3.63) is 60.2 Å². The third-order valence-electron chi connectivity index (χ3n) is 5.24. The van der Waals surface area contributed by atoms with Crippen LogP contribution in [-0.4, -0.2) is 38.2 Å². The summed E-state index contributed by atoms with van der Waals surface area (Å²) in [5, 5.41) is 3.53. The SMILES string of the molecule is COc1ccc(NCCC2CCN(CCc3ccccc3)CC2)cc1. The molecule has 25 heavy (non-hydrogen) atoms. The Hall–Kier alpha value is -2.00. The number of hydrogen-bond acceptors (Lipinski definition) is 3. The van der Waals surface area contributed by atoms with Gasteiger partial charge in [-0.15, -0.1) is 0 Å². The van der Waals surface area contributed by atoms with E-state index in [1.807, 2.05) is 12.1 Å². The van der Waals surface area contributed by atoms with E-state index in [4.69, 9.17) is 4.74 Å². The molecule has 2 aromatic rings. The highest BCUT2D eigenvalue weighted by atomic mass is 16.5. The summed E-state index contributed by atoms with van der Waals surface area (Å²) in [5.41, 5.74) is 2.63. The zero-order chi connectivity index (χ0) is 17.3. The Bertz CT molecular complexity index is 604. The average Bonchev–Trinajstić information content (AvgIpc) is 2.69. The summed E-state index contributed by atoms with van der Waals surface area (Å²) in [6.45, 7) is 4.75. The summed E-state index contributed by atoms with van der Waals surface area (Å²) in [7, 11) is 1.70. The van der Waals surface area contributed by atoms with Crippen molar-refractivity contribution in [1.82, 2.24) is 4.90 Å². The van der Waals surface area contributed by atoms with Gasteiger partial charge in [-0.25, -0.2) is 0 Å². The van der Waals surface area contributed by atoms with Gasteiger partial charge in [-0.3, -0.25) is 0 Å². The minimum Gasteiger partial charge on any atom is -0.497 e. The average molecular weight is 338 g/mol. The highest BCUT2D eigenvalue weighted by molar-refractivity contribution is 5.46. The Morgan fingerprint density at radius 1 is 1.00 bits per heavy atom. The topological polar surface area (TPSA) is 24.5 Å². The first-order valence-electron chi connectivity index (χ1n) is 9.47. The number of methoxy groups -OCH3 is 1. The van der Waals surface area contributed by atoms with Crippen LogP contribution in [0.5, 0.6) is 5.75 Å². The van der Waals surface area contributed by atoms with Gasteiger partial charge in [0.05, 0.1) is 7.11 Å². The lowest BCUT2D eigenvalue weighted by molar-refractivity contribution is 0.183. The Labute approximate surface area is 152 Å². The van der Waals surface area contributed by atoms with E-state index in [9.17, 15) is 0 Å². The van der Waals surface area contributed by atoms with Gasteiger partial charge in [-0.1, -0.05) is 30.3 Å². The molecule has 0 spiro atoms. The molecule has 1 fully saturated rings. The van der Waals surface area contributed by atoms with Crippen LogP contribution in [0.4, 0.5) is 5.69 Å². The summed E-state index contributed by atoms with van der Waals surface area (Å²) in [4.78, 5) is 2.63. The van der Waals surface area contributed by atoms with E-state index >= 15 is 0 Å². The molecule has 2 aromatic carbocycles. The second-order valence-electron chi connectivity index (χ2n) is 6.96. The molecule has 0 aromatic heterocycles. The van der Waals surface area contributed by atoms with Gasteiger partial charge >= 0.3 is 0 Å². The number of nitrogens with one attached hydrogen (secondary N) is 1. The maximum atomic E-state index is 5.19. The highest BCUT2D eigenvalue weighted by Crippen LogP contribution is 2.21. The van der Waals surface area contributed by atoms with Crippen LogP contribution < -0.4 is 10.1 Å². The van der Waals surface area contributed by atoms with Crippen LogP contribution in [-0.2, 0) is 6.42 Å². The van der Waals surface area contributed by atoms with Crippen molar-refractivity contribution in [1.29, 1.82) is 0 Å². The third-order valence-corrected chi connectivity index (χ3v) is 5.24. The van der Waals surface area contributed by atoms with Crippen molar-refractivity contribution in [2.24, 2.45) is 5.92 Å². The molecule has 1 N–H and O–H groups in total. The molecule has 3 nitrogen and oxygen atoms in total. The van der Waals surface area contributed by atoms with E-state index < -0.39 is 0 Å². The zero-order valence-corrected chi connectivity index (χ0v) is 15.3. The quantitative estimate of drug-likeness (QED) is 0.769. The second kappa shape index (κ2) is 9.47. The Morgan fingerprint density at radius 2 is 1.72 bits per heavy atom. The van der Waals surface area contributed by atoms with E-state index in [1.54, 1.807) is 7.11 Å². The smallest absolute Gasteiger partial charge is 0.119 e. The van der Waals surface area contributed by atoms with Crippen LogP contribution in [0.15, 0.2) is 54.6 Å². The van der Waals surface area contributed by atoms with Crippen molar-refractivity contribution in [2.45, 2.75) is 25.7 Å². The molecule has 1 saturated heterocycles. The largest absolute Gasteiger partial charge is 0.497 e. The first-order valence-corrected chi connectivity index (χ1v) is 9.47. The lowest BCUT2D eigenvalue weighted by Gasteiger charge is -2.32. The predicted octanol–water partition coefficient (Wildman–Crippen LogP) is 4.45. The van der Waals surface area contributed by atoms with Crippen molar-refractivity contribution in [3.63, 3.8) is 0 Å². The summed E-state index contributed by atoms with van der Waals surface area (Å²) in [6.07, 6.45) is 5.10. The number of nitrogens with zero attached hydrogens (tertiary/aromatic N) is 1. The normalized spacial score (nSPS) is 15.9. The molecule has 3 rings (SSSR count). The lowest BCUT2D eigenvalue weighted by atomic mass is 9.93. The van der Waals surface area contributed by atoms with E-state index in [1.165, 1.54) is 56.6 Å². The van der Waals surface area contributed by atoms with Gasteiger partial charge < -0.3 is 15.0 Å². The fourth-order valence-corrected chi connectivity index (χ4v) is 3.56. The molecule has 1 aliphatic rings. The van der Waals surface area contributed by atoms with Gasteiger partial charge in [-0.2, -0.15) is 0 Å². The van der Waals surface area contributed by atoms with Gasteiger partial charge in [0.25, 0.3) is 0 Å². The molecular formula is C22H30N2O. The van der Waals surface area contributed by atoms with Crippen LogP contribution in [0.3, 0.4) is 0 Å². The van der Waals surface area contributed by atoms with Gasteiger partial charge in [0.15, 0.2) is 0 Å². The maximum Gasteiger partial charge on any atom is 0.119 e. The lowest BCUT2D eigenvalue weighted by Crippen LogP contribution is -2.35. The van der Waals surface area contributed by atoms with Gasteiger partial charge in [0, 0.05) is 18.8 Å². The van der Waals surface area contributed by atoms with Gasteiger partial charge in [0.2, 0.25) is 0 Å². The minimum absolute atomic E-state index is 0.860. The summed E-state index contributed by atoms with van der Waals surface area (Å²) in [6, 6.07) is 19.0. The third kappa shape index (κ3) is 5.79. The summed E-state index contributed by atoms with van der Waals surface area (Å²) in [5.74, 6) is 1.77. The molecular weight excluding hydrogens is 308 g/mol. The number of likely N-dealkylation sites (tertiary alicyclic amines) is 1. The van der Waals surface area contributed by atoms with Gasteiger partial charge in [0.1, 0.15) is 5.75 Å². The summed E-state index contributed by atoms with van der Waals surface area (Å²) < 4.78 is 5.19. The Kier molecular flexibility index (Phi) is 6.75. The monoisotopic (exact) mass is 338 g/mol. The number of ether oxygens (including phenoxy) is 1. The molecule has 134 valence electrons. The molecule has 0 bridgehead atoms. The first kappa shape index (κ1) is 17.8. The van der Waals surface area contributed by atoms with Crippen LogP contribution in [0, 0.1) is 5.92 Å².